The zero-order chi connectivity index (χ0) is 16.4. The predicted molar refractivity (Wildman–Crippen MR) is 80.0 cm³/mol. The lowest BCUT2D eigenvalue weighted by molar-refractivity contribution is -0.113. The van der Waals surface area contributed by atoms with E-state index in [-0.39, 0.29) is 11.8 Å². The molecule has 3 rings (SSSR count). The van der Waals surface area contributed by atoms with E-state index in [1.807, 2.05) is 0 Å². The summed E-state index contributed by atoms with van der Waals surface area (Å²) < 4.78 is 42.4. The minimum Gasteiger partial charge on any atom is -0.432 e. The van der Waals surface area contributed by atoms with Crippen molar-refractivity contribution in [2.24, 2.45) is 17.8 Å². The highest BCUT2D eigenvalue weighted by molar-refractivity contribution is 5.53. The highest BCUT2D eigenvalue weighted by Crippen LogP contribution is 2.47. The summed E-state index contributed by atoms with van der Waals surface area (Å²) in [4.78, 5) is 11.0. The van der Waals surface area contributed by atoms with Crippen molar-refractivity contribution in [3.63, 3.8) is 0 Å². The van der Waals surface area contributed by atoms with Gasteiger partial charge < -0.3 is 9.53 Å². The Morgan fingerprint density at radius 1 is 1.09 bits per heavy atom. The molecule has 2 nitrogen and oxygen atoms in total. The lowest BCUT2D eigenvalue weighted by atomic mass is 9.64. The van der Waals surface area contributed by atoms with Crippen molar-refractivity contribution in [1.82, 2.24) is 0 Å². The molecule has 2 fully saturated rings. The molecule has 4 unspecified atom stereocenters. The summed E-state index contributed by atoms with van der Waals surface area (Å²) in [5.41, 5.74) is 0.861. The van der Waals surface area contributed by atoms with Gasteiger partial charge in [-0.1, -0.05) is 6.07 Å². The van der Waals surface area contributed by atoms with Crippen LogP contribution in [0.15, 0.2) is 18.2 Å². The summed E-state index contributed by atoms with van der Waals surface area (Å²) in [6, 6.07) is 4.33. The minimum absolute atomic E-state index is 0.205. The zero-order valence-corrected chi connectivity index (χ0v) is 12.9. The van der Waals surface area contributed by atoms with Gasteiger partial charge in [-0.15, -0.1) is 0 Å². The third kappa shape index (κ3) is 3.70. The first-order chi connectivity index (χ1) is 11.1. The molecule has 1 aromatic carbocycles. The molecule has 0 aliphatic heterocycles. The van der Waals surface area contributed by atoms with Crippen LogP contribution in [0.25, 0.3) is 0 Å². The van der Waals surface area contributed by atoms with Crippen LogP contribution in [0.1, 0.15) is 50.0 Å². The van der Waals surface area contributed by atoms with E-state index in [1.165, 1.54) is 12.1 Å². The Labute approximate surface area is 134 Å². The second kappa shape index (κ2) is 6.93. The van der Waals surface area contributed by atoms with Crippen molar-refractivity contribution >= 4 is 6.29 Å². The second-order valence-corrected chi connectivity index (χ2v) is 6.81. The SMILES string of the molecule is O=CC1CCC2CC(c3ccc(OC(F)F)c(F)c3)CCC2C1. The fourth-order valence-electron chi connectivity index (χ4n) is 4.31. The quantitative estimate of drug-likeness (QED) is 0.734. The first-order valence-electron chi connectivity index (χ1n) is 8.26. The number of ether oxygens (including phenoxy) is 1. The van der Waals surface area contributed by atoms with Gasteiger partial charge in [0.05, 0.1) is 0 Å². The van der Waals surface area contributed by atoms with Crippen molar-refractivity contribution in [1.29, 1.82) is 0 Å². The van der Waals surface area contributed by atoms with Crippen molar-refractivity contribution in [3.8, 4) is 5.75 Å². The van der Waals surface area contributed by atoms with Gasteiger partial charge in [0.1, 0.15) is 6.29 Å². The van der Waals surface area contributed by atoms with Crippen molar-refractivity contribution in [2.75, 3.05) is 0 Å². The van der Waals surface area contributed by atoms with Gasteiger partial charge in [-0.25, -0.2) is 4.39 Å². The largest absolute Gasteiger partial charge is 0.432 e. The number of hydrogen-bond donors (Lipinski definition) is 0. The molecule has 0 N–H and O–H groups in total. The Morgan fingerprint density at radius 3 is 2.52 bits per heavy atom. The van der Waals surface area contributed by atoms with E-state index >= 15 is 0 Å². The van der Waals surface area contributed by atoms with Crippen molar-refractivity contribution < 1.29 is 22.7 Å². The van der Waals surface area contributed by atoms with Gasteiger partial charge in [-0.3, -0.25) is 0 Å². The Kier molecular flexibility index (Phi) is 4.93. The number of rotatable bonds is 4. The Hall–Kier alpha value is -1.52. The first-order valence-corrected chi connectivity index (χ1v) is 8.26. The maximum Gasteiger partial charge on any atom is 0.387 e. The average Bonchev–Trinajstić information content (AvgIpc) is 2.55. The molecule has 126 valence electrons. The second-order valence-electron chi connectivity index (χ2n) is 6.81. The van der Waals surface area contributed by atoms with Gasteiger partial charge in [0, 0.05) is 5.92 Å². The van der Waals surface area contributed by atoms with Crippen LogP contribution in [0.3, 0.4) is 0 Å². The third-order valence-electron chi connectivity index (χ3n) is 5.49. The van der Waals surface area contributed by atoms with Gasteiger partial charge >= 0.3 is 6.61 Å². The van der Waals surface area contributed by atoms with E-state index < -0.39 is 18.2 Å². The number of benzene rings is 1. The fourth-order valence-corrected chi connectivity index (χ4v) is 4.31. The zero-order valence-electron chi connectivity index (χ0n) is 12.9. The molecule has 0 amide bonds. The lowest BCUT2D eigenvalue weighted by Gasteiger charge is -2.41. The summed E-state index contributed by atoms with van der Waals surface area (Å²) in [6.07, 6.45) is 7.07. The predicted octanol–water partition coefficient (Wildman–Crippen LogP) is 4.93. The molecule has 2 saturated carbocycles. The van der Waals surface area contributed by atoms with Crippen molar-refractivity contribution in [2.45, 2.75) is 51.1 Å². The summed E-state index contributed by atoms with van der Waals surface area (Å²) in [5, 5.41) is 0. The van der Waals surface area contributed by atoms with Crippen LogP contribution in [0.2, 0.25) is 0 Å². The standard InChI is InChI=1S/C18H21F3O2/c19-16-9-15(5-6-17(16)23-18(20)21)14-4-3-12-7-11(10-22)1-2-13(12)8-14/h5-6,9-14,18H,1-4,7-8H2. The van der Waals surface area contributed by atoms with Crippen LogP contribution in [0.4, 0.5) is 13.2 Å². The number of fused-ring (bicyclic) bond motifs is 1. The Morgan fingerprint density at radius 2 is 1.83 bits per heavy atom. The lowest BCUT2D eigenvalue weighted by Crippen LogP contribution is -2.30. The number of carbonyl (C=O) groups excluding carboxylic acids is 1. The summed E-state index contributed by atoms with van der Waals surface area (Å²) in [7, 11) is 0. The Balaban J connectivity index is 1.67. The highest BCUT2D eigenvalue weighted by atomic mass is 19.3. The Bertz CT molecular complexity index is 561. The minimum atomic E-state index is -3.02. The molecule has 4 atom stereocenters. The molecule has 0 spiro atoms. The van der Waals surface area contributed by atoms with Gasteiger partial charge in [0.2, 0.25) is 0 Å². The number of halogens is 3. The smallest absolute Gasteiger partial charge is 0.387 e. The molecule has 0 saturated heterocycles. The molecule has 5 heteroatoms. The maximum absolute atomic E-state index is 13.9. The van der Waals surface area contributed by atoms with Gasteiger partial charge in [0.15, 0.2) is 11.6 Å². The normalized spacial score (nSPS) is 30.8. The molecule has 0 aromatic heterocycles. The van der Waals surface area contributed by atoms with Crippen molar-refractivity contribution in [3.05, 3.63) is 29.6 Å². The molecule has 0 bridgehead atoms. The van der Waals surface area contributed by atoms with E-state index in [0.717, 1.165) is 50.4 Å². The van der Waals surface area contributed by atoms with Crippen LogP contribution >= 0.6 is 0 Å². The average molecular weight is 326 g/mol. The van der Waals surface area contributed by atoms with Gasteiger partial charge in [-0.05, 0) is 74.0 Å². The van der Waals surface area contributed by atoms with E-state index in [0.29, 0.717) is 11.8 Å². The molecular formula is C18H21F3O2. The molecule has 23 heavy (non-hydrogen) atoms. The summed E-state index contributed by atoms with van der Waals surface area (Å²) in [5.74, 6) is 0.528. The van der Waals surface area contributed by atoms with Crippen LogP contribution in [0, 0.1) is 23.6 Å². The molecule has 2 aliphatic rings. The highest BCUT2D eigenvalue weighted by Gasteiger charge is 2.36. The van der Waals surface area contributed by atoms with Crippen LogP contribution in [-0.2, 0) is 4.79 Å². The maximum atomic E-state index is 13.9. The third-order valence-corrected chi connectivity index (χ3v) is 5.49. The van der Waals surface area contributed by atoms with Crippen LogP contribution in [0.5, 0.6) is 5.75 Å². The summed E-state index contributed by atoms with van der Waals surface area (Å²) in [6.45, 7) is -3.02. The van der Waals surface area contributed by atoms with Gasteiger partial charge in [0.25, 0.3) is 0 Å². The number of hydrogen-bond acceptors (Lipinski definition) is 2. The van der Waals surface area contributed by atoms with E-state index in [4.69, 9.17) is 0 Å². The molecular weight excluding hydrogens is 305 g/mol. The molecule has 0 heterocycles. The van der Waals surface area contributed by atoms with Gasteiger partial charge in [-0.2, -0.15) is 8.78 Å². The van der Waals surface area contributed by atoms with Crippen LogP contribution < -0.4 is 4.74 Å². The summed E-state index contributed by atoms with van der Waals surface area (Å²) >= 11 is 0. The van der Waals surface area contributed by atoms with E-state index in [9.17, 15) is 18.0 Å². The fraction of sp³-hybridized carbons (Fsp3) is 0.611. The number of alkyl halides is 2. The topological polar surface area (TPSA) is 26.3 Å². The van der Waals surface area contributed by atoms with E-state index in [1.54, 1.807) is 6.07 Å². The number of carbonyl (C=O) groups is 1. The monoisotopic (exact) mass is 326 g/mol. The first kappa shape index (κ1) is 16.3. The van der Waals surface area contributed by atoms with Crippen LogP contribution in [-0.4, -0.2) is 12.9 Å². The number of aldehydes is 1. The molecule has 1 aromatic rings. The van der Waals surface area contributed by atoms with E-state index in [2.05, 4.69) is 4.74 Å². The molecule has 0 radical (unpaired) electrons. The molecule has 2 aliphatic carbocycles.